The maximum absolute atomic E-state index is 8.85. The number of hydrogen-bond acceptors (Lipinski definition) is 6. The SMILES string of the molecule is OCCCNc1cc(-c2cc(Nc3cccc(Cl)c3)ncn2)ccn1. The van der Waals surface area contributed by atoms with E-state index >= 15 is 0 Å². The van der Waals surface area contributed by atoms with Crippen LogP contribution in [0.2, 0.25) is 5.02 Å². The molecule has 25 heavy (non-hydrogen) atoms. The lowest BCUT2D eigenvalue weighted by Gasteiger charge is -2.09. The summed E-state index contributed by atoms with van der Waals surface area (Å²) in [5, 5.41) is 15.9. The van der Waals surface area contributed by atoms with Crippen LogP contribution in [0.4, 0.5) is 17.3 Å². The topological polar surface area (TPSA) is 83.0 Å². The van der Waals surface area contributed by atoms with E-state index < -0.39 is 0 Å². The first kappa shape index (κ1) is 17.1. The monoisotopic (exact) mass is 355 g/mol. The smallest absolute Gasteiger partial charge is 0.134 e. The summed E-state index contributed by atoms with van der Waals surface area (Å²) >= 11 is 6.01. The molecular formula is C18H18ClN5O. The average molecular weight is 356 g/mol. The van der Waals surface area contributed by atoms with Gasteiger partial charge in [-0.15, -0.1) is 0 Å². The van der Waals surface area contributed by atoms with Gasteiger partial charge in [-0.2, -0.15) is 0 Å². The first-order chi connectivity index (χ1) is 12.2. The van der Waals surface area contributed by atoms with E-state index in [4.69, 9.17) is 16.7 Å². The maximum Gasteiger partial charge on any atom is 0.134 e. The molecule has 0 bridgehead atoms. The fourth-order valence-corrected chi connectivity index (χ4v) is 2.47. The first-order valence-corrected chi connectivity index (χ1v) is 8.28. The summed E-state index contributed by atoms with van der Waals surface area (Å²) in [5.74, 6) is 1.42. The molecule has 2 aromatic heterocycles. The van der Waals surface area contributed by atoms with E-state index in [1.54, 1.807) is 6.20 Å². The zero-order valence-corrected chi connectivity index (χ0v) is 14.2. The van der Waals surface area contributed by atoms with Gasteiger partial charge in [0.25, 0.3) is 0 Å². The first-order valence-electron chi connectivity index (χ1n) is 7.90. The number of aromatic nitrogens is 3. The van der Waals surface area contributed by atoms with Crippen molar-refractivity contribution in [3.63, 3.8) is 0 Å². The molecule has 0 unspecified atom stereocenters. The summed E-state index contributed by atoms with van der Waals surface area (Å²) in [5.41, 5.74) is 2.57. The largest absolute Gasteiger partial charge is 0.396 e. The highest BCUT2D eigenvalue weighted by Crippen LogP contribution is 2.23. The average Bonchev–Trinajstić information content (AvgIpc) is 2.63. The van der Waals surface area contributed by atoms with Gasteiger partial charge in [-0.25, -0.2) is 15.0 Å². The summed E-state index contributed by atoms with van der Waals surface area (Å²) in [6.07, 6.45) is 3.91. The third kappa shape index (κ3) is 4.89. The van der Waals surface area contributed by atoms with Crippen LogP contribution in [0.1, 0.15) is 6.42 Å². The van der Waals surface area contributed by atoms with Crippen molar-refractivity contribution in [3.05, 3.63) is 60.0 Å². The summed E-state index contributed by atoms with van der Waals surface area (Å²) in [6.45, 7) is 0.815. The summed E-state index contributed by atoms with van der Waals surface area (Å²) in [7, 11) is 0. The Labute approximate surface area is 150 Å². The minimum Gasteiger partial charge on any atom is -0.396 e. The van der Waals surface area contributed by atoms with E-state index in [1.807, 2.05) is 42.5 Å². The Kier molecular flexibility index (Phi) is 5.77. The van der Waals surface area contributed by atoms with Crippen LogP contribution < -0.4 is 10.6 Å². The second-order valence-corrected chi connectivity index (χ2v) is 5.79. The van der Waals surface area contributed by atoms with Crippen LogP contribution in [0, 0.1) is 0 Å². The van der Waals surface area contributed by atoms with Gasteiger partial charge < -0.3 is 15.7 Å². The number of anilines is 3. The number of aliphatic hydroxyl groups is 1. The fraction of sp³-hybridized carbons (Fsp3) is 0.167. The van der Waals surface area contributed by atoms with E-state index in [0.29, 0.717) is 23.8 Å². The van der Waals surface area contributed by atoms with Crippen LogP contribution >= 0.6 is 11.6 Å². The van der Waals surface area contributed by atoms with Crippen molar-refractivity contribution in [2.24, 2.45) is 0 Å². The standard InChI is InChI=1S/C18H18ClN5O/c19-14-3-1-4-15(10-14)24-18-11-16(22-12-23-18)13-5-7-21-17(9-13)20-6-2-8-25/h1,3-5,7,9-12,25H,2,6,8H2,(H,20,21)(H,22,23,24). The third-order valence-electron chi connectivity index (χ3n) is 3.46. The summed E-state index contributed by atoms with van der Waals surface area (Å²) < 4.78 is 0. The van der Waals surface area contributed by atoms with E-state index in [-0.39, 0.29) is 6.61 Å². The van der Waals surface area contributed by atoms with Crippen LogP contribution in [0.3, 0.4) is 0 Å². The molecule has 0 fully saturated rings. The van der Waals surface area contributed by atoms with Crippen LogP contribution in [0.15, 0.2) is 55.0 Å². The molecule has 0 saturated carbocycles. The zero-order chi connectivity index (χ0) is 17.5. The molecule has 0 aliphatic heterocycles. The molecule has 7 heteroatoms. The minimum atomic E-state index is 0.150. The molecule has 128 valence electrons. The number of nitrogens with one attached hydrogen (secondary N) is 2. The van der Waals surface area contributed by atoms with Gasteiger partial charge in [0.2, 0.25) is 0 Å². The number of aliphatic hydroxyl groups excluding tert-OH is 1. The van der Waals surface area contributed by atoms with Crippen molar-refractivity contribution >= 4 is 28.9 Å². The van der Waals surface area contributed by atoms with E-state index in [9.17, 15) is 0 Å². The van der Waals surface area contributed by atoms with E-state index in [0.717, 1.165) is 22.8 Å². The molecule has 6 nitrogen and oxygen atoms in total. The van der Waals surface area contributed by atoms with Gasteiger partial charge >= 0.3 is 0 Å². The van der Waals surface area contributed by atoms with Gasteiger partial charge in [-0.1, -0.05) is 17.7 Å². The molecule has 0 aliphatic carbocycles. The van der Waals surface area contributed by atoms with Crippen LogP contribution in [0.5, 0.6) is 0 Å². The number of pyridine rings is 1. The minimum absolute atomic E-state index is 0.150. The predicted octanol–water partition coefficient (Wildman–Crippen LogP) is 3.73. The lowest BCUT2D eigenvalue weighted by atomic mass is 10.2. The number of nitrogens with zero attached hydrogens (tertiary/aromatic N) is 3. The van der Waals surface area contributed by atoms with Crippen LogP contribution in [-0.4, -0.2) is 33.2 Å². The quantitative estimate of drug-likeness (QED) is 0.560. The molecule has 0 atom stereocenters. The van der Waals surface area contributed by atoms with Crippen molar-refractivity contribution in [1.29, 1.82) is 0 Å². The highest BCUT2D eigenvalue weighted by molar-refractivity contribution is 6.30. The molecule has 2 heterocycles. The van der Waals surface area contributed by atoms with E-state index in [1.165, 1.54) is 6.33 Å². The van der Waals surface area contributed by atoms with Gasteiger partial charge in [-0.05, 0) is 36.8 Å². The molecule has 3 N–H and O–H groups in total. The van der Waals surface area contributed by atoms with Gasteiger partial charge in [-0.3, -0.25) is 0 Å². The lowest BCUT2D eigenvalue weighted by Crippen LogP contribution is -2.05. The number of hydrogen-bond donors (Lipinski definition) is 3. The van der Waals surface area contributed by atoms with Crippen molar-refractivity contribution in [3.8, 4) is 11.3 Å². The van der Waals surface area contributed by atoms with Gasteiger partial charge in [0.1, 0.15) is 18.0 Å². The Hall–Kier alpha value is -2.70. The molecule has 3 aromatic rings. The number of benzene rings is 1. The molecule has 1 aromatic carbocycles. The highest BCUT2D eigenvalue weighted by Gasteiger charge is 2.05. The van der Waals surface area contributed by atoms with Gasteiger partial charge in [0, 0.05) is 41.7 Å². The van der Waals surface area contributed by atoms with Gasteiger partial charge in [0.15, 0.2) is 0 Å². The van der Waals surface area contributed by atoms with E-state index in [2.05, 4.69) is 25.6 Å². The Bertz CT molecular complexity index is 843. The zero-order valence-electron chi connectivity index (χ0n) is 13.5. The summed E-state index contributed by atoms with van der Waals surface area (Å²) in [4.78, 5) is 12.9. The number of rotatable bonds is 7. The Morgan fingerprint density at radius 3 is 2.76 bits per heavy atom. The van der Waals surface area contributed by atoms with Crippen molar-refractivity contribution < 1.29 is 5.11 Å². The molecule has 0 radical (unpaired) electrons. The number of halogens is 1. The normalized spacial score (nSPS) is 10.5. The maximum atomic E-state index is 8.85. The van der Waals surface area contributed by atoms with Crippen molar-refractivity contribution in [1.82, 2.24) is 15.0 Å². The molecule has 0 amide bonds. The van der Waals surface area contributed by atoms with Crippen LogP contribution in [-0.2, 0) is 0 Å². The second-order valence-electron chi connectivity index (χ2n) is 5.36. The lowest BCUT2D eigenvalue weighted by molar-refractivity contribution is 0.292. The molecule has 0 saturated heterocycles. The fourth-order valence-electron chi connectivity index (χ4n) is 2.28. The molecule has 0 spiro atoms. The Morgan fingerprint density at radius 1 is 1.00 bits per heavy atom. The van der Waals surface area contributed by atoms with Crippen LogP contribution in [0.25, 0.3) is 11.3 Å². The molecule has 3 rings (SSSR count). The van der Waals surface area contributed by atoms with Gasteiger partial charge in [0.05, 0.1) is 5.69 Å². The molecule has 0 aliphatic rings. The van der Waals surface area contributed by atoms with Crippen molar-refractivity contribution in [2.75, 3.05) is 23.8 Å². The second kappa shape index (κ2) is 8.41. The Morgan fingerprint density at radius 2 is 1.92 bits per heavy atom. The third-order valence-corrected chi connectivity index (χ3v) is 3.70. The Balaban J connectivity index is 1.78. The summed E-state index contributed by atoms with van der Waals surface area (Å²) in [6, 6.07) is 13.1. The molecular weight excluding hydrogens is 338 g/mol. The predicted molar refractivity (Wildman–Crippen MR) is 100 cm³/mol. The van der Waals surface area contributed by atoms with Crippen molar-refractivity contribution in [2.45, 2.75) is 6.42 Å². The highest BCUT2D eigenvalue weighted by atomic mass is 35.5.